The molecule has 1 unspecified atom stereocenters. The predicted octanol–water partition coefficient (Wildman–Crippen LogP) is -4.29. The molecule has 1 fully saturated rings. The van der Waals surface area contributed by atoms with Gasteiger partial charge in [-0.25, -0.2) is 19.7 Å². The molecule has 2 amide bonds. The summed E-state index contributed by atoms with van der Waals surface area (Å²) >= 11 is 0.989. The zero-order chi connectivity index (χ0) is 28.3. The molecule has 0 aromatic carbocycles. The number of hydroxylamine groups is 2. The molecule has 204 valence electrons. The largest absolute Gasteiger partial charge is 1.00 e. The minimum Gasteiger partial charge on any atom is -0.546 e. The van der Waals surface area contributed by atoms with E-state index < -0.39 is 64.8 Å². The number of aromatic nitrogens is 1. The van der Waals surface area contributed by atoms with E-state index in [-0.39, 0.29) is 40.4 Å². The predicted molar refractivity (Wildman–Crippen MR) is 124 cm³/mol. The summed E-state index contributed by atoms with van der Waals surface area (Å²) in [7, 11) is 1.05. The van der Waals surface area contributed by atoms with Crippen LogP contribution < -0.4 is 45.7 Å². The van der Waals surface area contributed by atoms with Crippen LogP contribution >= 0.6 is 11.3 Å². The summed E-state index contributed by atoms with van der Waals surface area (Å²) in [5, 5.41) is 19.5. The molecule has 1 aliphatic heterocycles. The first-order chi connectivity index (χ1) is 17.0. The van der Waals surface area contributed by atoms with Gasteiger partial charge < -0.3 is 35.3 Å². The number of thiazole rings is 1. The molecular weight excluding hydrogens is 537 g/mol. The quantitative estimate of drug-likeness (QED) is 0.0689. The van der Waals surface area contributed by atoms with Gasteiger partial charge in [-0.05, 0) is 41.5 Å². The Morgan fingerprint density at radius 2 is 1.84 bits per heavy atom. The fourth-order valence-corrected chi connectivity index (χ4v) is 3.07. The summed E-state index contributed by atoms with van der Waals surface area (Å²) < 4.78 is 9.61. The van der Waals surface area contributed by atoms with Gasteiger partial charge >= 0.3 is 47.8 Å². The van der Waals surface area contributed by atoms with E-state index in [1.807, 2.05) is 0 Å². The summed E-state index contributed by atoms with van der Waals surface area (Å²) in [6, 6.07) is -1.99. The molecule has 3 N–H and O–H groups in total. The zero-order valence-electron chi connectivity index (χ0n) is 22.2. The number of nitrogens with zero attached hydrogens (tertiary/aromatic N) is 3. The number of carbonyl (C=O) groups is 5. The summed E-state index contributed by atoms with van der Waals surface area (Å²) in [6.07, 6.45) is -1.87. The zero-order valence-corrected chi connectivity index (χ0v) is 25.0. The smallest absolute Gasteiger partial charge is 0.546 e. The number of carbonyl (C=O) groups excluding carboxylic acids is 5. The van der Waals surface area contributed by atoms with Crippen LogP contribution in [0.1, 0.15) is 47.2 Å². The first kappa shape index (κ1) is 33.2. The van der Waals surface area contributed by atoms with Gasteiger partial charge in [0.05, 0.1) is 24.5 Å². The van der Waals surface area contributed by atoms with E-state index >= 15 is 0 Å². The Morgan fingerprint density at radius 3 is 2.29 bits per heavy atom. The monoisotopic (exact) mass is 565 g/mol. The first-order valence-electron chi connectivity index (χ1n) is 10.8. The molecule has 1 aromatic rings. The van der Waals surface area contributed by atoms with Gasteiger partial charge in [0.25, 0.3) is 11.8 Å². The van der Waals surface area contributed by atoms with Crippen LogP contribution in [0.4, 0.5) is 5.13 Å². The van der Waals surface area contributed by atoms with Gasteiger partial charge in [0.1, 0.15) is 11.7 Å². The van der Waals surface area contributed by atoms with Crippen LogP contribution in [-0.2, 0) is 43.1 Å². The Labute approximate surface area is 244 Å². The molecule has 1 aromatic heterocycles. The second kappa shape index (κ2) is 12.8. The normalized spacial score (nSPS) is 18.4. The second-order valence-corrected chi connectivity index (χ2v) is 10.3. The molecule has 0 saturated carbocycles. The van der Waals surface area contributed by atoms with Crippen molar-refractivity contribution in [2.45, 2.75) is 65.5 Å². The Kier molecular flexibility index (Phi) is 11.2. The number of nitrogens with one attached hydrogen (secondary N) is 1. The van der Waals surface area contributed by atoms with E-state index in [1.54, 1.807) is 20.8 Å². The van der Waals surface area contributed by atoms with Crippen molar-refractivity contribution in [3.8, 4) is 0 Å². The van der Waals surface area contributed by atoms with Gasteiger partial charge in [-0.3, -0.25) is 14.4 Å². The van der Waals surface area contributed by atoms with Crippen molar-refractivity contribution >= 4 is 51.9 Å². The van der Waals surface area contributed by atoms with Crippen molar-refractivity contribution in [1.82, 2.24) is 15.4 Å². The van der Waals surface area contributed by atoms with E-state index in [9.17, 15) is 29.1 Å². The average molecular weight is 566 g/mol. The fourth-order valence-electron chi connectivity index (χ4n) is 2.52. The van der Waals surface area contributed by atoms with Crippen molar-refractivity contribution in [1.29, 1.82) is 0 Å². The van der Waals surface area contributed by atoms with Crippen molar-refractivity contribution in [3.05, 3.63) is 11.1 Å². The van der Waals surface area contributed by atoms with Crippen molar-refractivity contribution < 1.29 is 77.8 Å². The number of nitrogen functional groups attached to an aromatic ring is 1. The van der Waals surface area contributed by atoms with E-state index in [1.165, 1.54) is 12.3 Å². The minimum absolute atomic E-state index is 0. The third-order valence-electron chi connectivity index (χ3n) is 4.89. The number of hydrogen-bond acceptors (Lipinski definition) is 14. The van der Waals surface area contributed by atoms with Gasteiger partial charge in [-0.1, -0.05) is 5.16 Å². The van der Waals surface area contributed by atoms with Gasteiger partial charge in [0, 0.05) is 5.38 Å². The Balaban J connectivity index is 0.00000722. The van der Waals surface area contributed by atoms with Crippen LogP contribution in [0, 0.1) is 5.41 Å². The summed E-state index contributed by atoms with van der Waals surface area (Å²) in [5.74, 6) is -5.15. The molecule has 0 radical (unpaired) electrons. The molecule has 3 atom stereocenters. The van der Waals surface area contributed by atoms with Crippen LogP contribution in [0.3, 0.4) is 0 Å². The van der Waals surface area contributed by atoms with Gasteiger partial charge in [0.15, 0.2) is 16.4 Å². The van der Waals surface area contributed by atoms with Crippen LogP contribution in [0.5, 0.6) is 0 Å². The SMILES string of the molecule is COC(=O)C(OC(=O)C(C)(C)C)ON1C(=O)[C@@H](NC(=O)/C(=N\OC(C)(C)C(=O)[O-])c2csc(N)n2)[C@@H]1C.[Na+]. The molecule has 1 aliphatic rings. The molecule has 0 spiro atoms. The number of methoxy groups -OCH3 is 1. The Morgan fingerprint density at radius 1 is 1.24 bits per heavy atom. The number of carboxylic acids is 1. The minimum atomic E-state index is -1.88. The number of nitrogens with two attached hydrogens (primary N) is 1. The summed E-state index contributed by atoms with van der Waals surface area (Å²) in [6.45, 7) is 8.47. The Bertz CT molecular complexity index is 1120. The third-order valence-corrected chi connectivity index (χ3v) is 5.56. The van der Waals surface area contributed by atoms with Crippen LogP contribution in [0.25, 0.3) is 0 Å². The van der Waals surface area contributed by atoms with Crippen molar-refractivity contribution in [2.24, 2.45) is 10.6 Å². The molecule has 2 rings (SSSR count). The number of esters is 2. The van der Waals surface area contributed by atoms with Crippen LogP contribution in [-0.4, -0.2) is 76.6 Å². The number of oxime groups is 1. The maximum absolute atomic E-state index is 13.0. The molecule has 1 saturated heterocycles. The standard InChI is InChI=1S/C21H29N5O10S.Na/c1-9-11(14(28)26(9)35-16(15(29)33-7)34-18(32)20(2,3)4)24-13(27)12(10-8-37-19(22)23-10)25-36-21(5,6)17(30)31;/h8-9,11,16H,1-7H3,(H2,22,23)(H,24,27)(H,30,31);/q;+1/p-1/b25-12-;/t9-,11-,16?;/m0./s1. The van der Waals surface area contributed by atoms with Gasteiger partial charge in [-0.2, -0.15) is 0 Å². The van der Waals surface area contributed by atoms with E-state index in [2.05, 4.69) is 20.2 Å². The third kappa shape index (κ3) is 7.86. The number of carboxylic acid groups (broad SMARTS) is 1. The topological polar surface area (TPSA) is 212 Å². The van der Waals surface area contributed by atoms with E-state index in [0.717, 1.165) is 37.4 Å². The summed E-state index contributed by atoms with van der Waals surface area (Å²) in [4.78, 5) is 75.3. The molecule has 2 heterocycles. The van der Waals surface area contributed by atoms with Crippen LogP contribution in [0.2, 0.25) is 0 Å². The van der Waals surface area contributed by atoms with Crippen LogP contribution in [0.15, 0.2) is 10.5 Å². The molecule has 0 bridgehead atoms. The molecule has 38 heavy (non-hydrogen) atoms. The van der Waals surface area contributed by atoms with Gasteiger partial charge in [-0.15, -0.1) is 11.3 Å². The average Bonchev–Trinajstić information content (AvgIpc) is 3.24. The van der Waals surface area contributed by atoms with E-state index in [0.29, 0.717) is 0 Å². The number of ether oxygens (including phenoxy) is 2. The number of β-lactam (4-membered cyclic amide) rings is 1. The fraction of sp³-hybridized carbons (Fsp3) is 0.571. The van der Waals surface area contributed by atoms with Crippen molar-refractivity contribution in [3.63, 3.8) is 0 Å². The molecule has 17 heteroatoms. The first-order valence-corrected chi connectivity index (χ1v) is 11.7. The number of aliphatic carboxylic acids is 1. The molecular formula is C21H28N5NaO10S. The number of rotatable bonds is 10. The van der Waals surface area contributed by atoms with Gasteiger partial charge in [0.2, 0.25) is 0 Å². The van der Waals surface area contributed by atoms with Crippen molar-refractivity contribution in [2.75, 3.05) is 12.8 Å². The number of amides is 2. The molecule has 15 nitrogen and oxygen atoms in total. The number of anilines is 1. The van der Waals surface area contributed by atoms with E-state index in [4.69, 9.17) is 20.1 Å². The summed E-state index contributed by atoms with van der Waals surface area (Å²) in [5.41, 5.74) is 2.28. The maximum atomic E-state index is 13.0. The number of hydrogen-bond donors (Lipinski definition) is 2. The second-order valence-electron chi connectivity index (χ2n) is 9.37. The molecule has 0 aliphatic carbocycles. The Hall–Kier alpha value is -2.79. The maximum Gasteiger partial charge on any atom is 1.00 e.